The van der Waals surface area contributed by atoms with Gasteiger partial charge in [-0.3, -0.25) is 0 Å². The largest absolute Gasteiger partial charge is 0.378 e. The first-order valence-corrected chi connectivity index (χ1v) is 23.1. The summed E-state index contributed by atoms with van der Waals surface area (Å²) in [6, 6.07) is 72.0. The van der Waals surface area contributed by atoms with Gasteiger partial charge in [-0.25, -0.2) is 0 Å². The Morgan fingerprint density at radius 3 is 2.00 bits per heavy atom. The number of fused-ring (bicyclic) bond motifs is 5. The molecule has 1 aromatic heterocycles. The molecule has 0 amide bonds. The van der Waals surface area contributed by atoms with Crippen molar-refractivity contribution in [1.29, 1.82) is 0 Å². The van der Waals surface area contributed by atoms with Crippen molar-refractivity contribution in [2.45, 2.75) is 64.3 Å². The zero-order valence-electron chi connectivity index (χ0n) is 38.2. The van der Waals surface area contributed by atoms with Crippen LogP contribution in [0.5, 0.6) is 0 Å². The maximum absolute atomic E-state index is 4.00. The van der Waals surface area contributed by atoms with Crippen LogP contribution in [0.4, 0.5) is 22.7 Å². The number of nitrogens with one attached hydrogen (secondary N) is 1. The molecule has 65 heavy (non-hydrogen) atoms. The van der Waals surface area contributed by atoms with Crippen LogP contribution in [0.3, 0.4) is 0 Å². The van der Waals surface area contributed by atoms with Crippen LogP contribution in [-0.4, -0.2) is 10.6 Å². The fraction of sp³-hybridized carbons (Fsp3) is 0.161. The molecular formula is C62H55N3. The second-order valence-electron chi connectivity index (χ2n) is 19.5. The standard InChI is InChI=1S/C62H55N3/c1-41-25-31-47(32-26-41)64(46-19-11-8-12-20-46)57-38-28-43(59-55(63-45-17-9-7-10-18-45)36-35-51-49-21-13-15-23-54(49)62(5,6)60(51)59)40-52(57)42-27-37-58-53(39-42)50-22-14-16-24-56(50)65(58)48-33-29-44(30-34-48)61(2,3)4/h7-40,55,59,63H,1-6H3. The predicted octanol–water partition coefficient (Wildman–Crippen LogP) is 16.4. The Kier molecular flexibility index (Phi) is 9.77. The molecule has 2 aliphatic rings. The van der Waals surface area contributed by atoms with Crippen LogP contribution in [-0.2, 0) is 10.8 Å². The van der Waals surface area contributed by atoms with Crippen LogP contribution < -0.4 is 10.2 Å². The molecule has 11 rings (SSSR count). The van der Waals surface area contributed by atoms with Gasteiger partial charge in [-0.2, -0.15) is 0 Å². The van der Waals surface area contributed by atoms with Crippen molar-refractivity contribution in [2.24, 2.45) is 0 Å². The van der Waals surface area contributed by atoms with E-state index in [9.17, 15) is 0 Å². The summed E-state index contributed by atoms with van der Waals surface area (Å²) in [6.45, 7) is 13.8. The first-order valence-electron chi connectivity index (χ1n) is 23.1. The van der Waals surface area contributed by atoms with E-state index in [-0.39, 0.29) is 22.8 Å². The minimum atomic E-state index is -0.180. The number of aromatic nitrogens is 1. The lowest BCUT2D eigenvalue weighted by atomic mass is 9.69. The van der Waals surface area contributed by atoms with E-state index in [0.717, 1.165) is 22.7 Å². The van der Waals surface area contributed by atoms with Crippen molar-refractivity contribution in [3.05, 3.63) is 240 Å². The third kappa shape index (κ3) is 6.98. The highest BCUT2D eigenvalue weighted by Crippen LogP contribution is 2.56. The molecule has 0 saturated heterocycles. The van der Waals surface area contributed by atoms with Gasteiger partial charge in [-0.1, -0.05) is 168 Å². The van der Waals surface area contributed by atoms with Gasteiger partial charge in [0, 0.05) is 50.4 Å². The van der Waals surface area contributed by atoms with E-state index >= 15 is 0 Å². The van der Waals surface area contributed by atoms with Crippen LogP contribution in [0.1, 0.15) is 68.4 Å². The summed E-state index contributed by atoms with van der Waals surface area (Å²) in [4.78, 5) is 2.43. The first-order chi connectivity index (χ1) is 31.5. The van der Waals surface area contributed by atoms with Crippen LogP contribution in [0.25, 0.3) is 44.2 Å². The van der Waals surface area contributed by atoms with E-state index in [1.807, 2.05) is 0 Å². The molecule has 1 N–H and O–H groups in total. The van der Waals surface area contributed by atoms with Gasteiger partial charge >= 0.3 is 0 Å². The van der Waals surface area contributed by atoms with E-state index in [0.29, 0.717) is 0 Å². The molecule has 0 spiro atoms. The first kappa shape index (κ1) is 40.4. The van der Waals surface area contributed by atoms with Crippen molar-refractivity contribution in [1.82, 2.24) is 4.57 Å². The second kappa shape index (κ2) is 15.7. The van der Waals surface area contributed by atoms with Crippen LogP contribution in [0, 0.1) is 6.92 Å². The Morgan fingerprint density at radius 1 is 0.585 bits per heavy atom. The molecule has 0 radical (unpaired) electrons. The Bertz CT molecular complexity index is 3290. The van der Waals surface area contributed by atoms with Gasteiger partial charge in [0.05, 0.1) is 22.8 Å². The number of allylic oxidation sites excluding steroid dienone is 2. The molecule has 0 fully saturated rings. The maximum atomic E-state index is 4.00. The van der Waals surface area contributed by atoms with E-state index in [4.69, 9.17) is 0 Å². The van der Waals surface area contributed by atoms with Gasteiger partial charge in [0.15, 0.2) is 0 Å². The second-order valence-corrected chi connectivity index (χ2v) is 19.5. The highest BCUT2D eigenvalue weighted by Gasteiger charge is 2.45. The third-order valence-electron chi connectivity index (χ3n) is 14.0. The van der Waals surface area contributed by atoms with Crippen LogP contribution in [0.2, 0.25) is 0 Å². The van der Waals surface area contributed by atoms with Gasteiger partial charge in [-0.15, -0.1) is 0 Å². The molecule has 9 aromatic rings. The fourth-order valence-corrected chi connectivity index (χ4v) is 10.7. The lowest BCUT2D eigenvalue weighted by molar-refractivity contribution is 0.555. The number of rotatable bonds is 8. The Hall–Kier alpha value is -7.36. The monoisotopic (exact) mass is 841 g/mol. The summed E-state index contributed by atoms with van der Waals surface area (Å²) in [5.41, 5.74) is 19.7. The van der Waals surface area contributed by atoms with Crippen LogP contribution in [0.15, 0.2) is 212 Å². The smallest absolute Gasteiger partial charge is 0.0554 e. The SMILES string of the molecule is Cc1ccc(N(c2ccccc2)c2ccc(C3C4=C(C=CC3Nc3ccccc3)c3ccccc3C4(C)C)cc2-c2ccc3c(c2)c2ccccc2n3-c2ccc(C(C)(C)C)cc2)cc1. The number of hydrogen-bond donors (Lipinski definition) is 1. The van der Waals surface area contributed by atoms with Crippen LogP contribution >= 0.6 is 0 Å². The summed E-state index contributed by atoms with van der Waals surface area (Å²) < 4.78 is 2.43. The van der Waals surface area contributed by atoms with E-state index in [1.165, 1.54) is 77.6 Å². The van der Waals surface area contributed by atoms with E-state index in [2.05, 4.69) is 263 Å². The van der Waals surface area contributed by atoms with Crippen molar-refractivity contribution in [2.75, 3.05) is 10.2 Å². The zero-order valence-corrected chi connectivity index (χ0v) is 38.2. The third-order valence-corrected chi connectivity index (χ3v) is 14.0. The topological polar surface area (TPSA) is 20.2 Å². The van der Waals surface area contributed by atoms with Gasteiger partial charge in [0.1, 0.15) is 0 Å². The quantitative estimate of drug-likeness (QED) is 0.164. The lowest BCUT2D eigenvalue weighted by Crippen LogP contribution is -2.34. The molecule has 8 aromatic carbocycles. The van der Waals surface area contributed by atoms with Gasteiger partial charge < -0.3 is 14.8 Å². The number of para-hydroxylation sites is 3. The molecule has 318 valence electrons. The van der Waals surface area contributed by atoms with Gasteiger partial charge in [-0.05, 0) is 130 Å². The zero-order chi connectivity index (χ0) is 44.5. The molecule has 2 atom stereocenters. The van der Waals surface area contributed by atoms with Gasteiger partial charge in [0.2, 0.25) is 0 Å². The summed E-state index contributed by atoms with van der Waals surface area (Å²) in [7, 11) is 0. The number of nitrogens with zero attached hydrogens (tertiary/aromatic N) is 2. The Balaban J connectivity index is 1.15. The normalized spacial score (nSPS) is 16.5. The Labute approximate surface area is 384 Å². The van der Waals surface area contributed by atoms with Gasteiger partial charge in [0.25, 0.3) is 0 Å². The number of anilines is 4. The molecule has 0 saturated carbocycles. The van der Waals surface area contributed by atoms with E-state index in [1.54, 1.807) is 0 Å². The number of hydrogen-bond acceptors (Lipinski definition) is 2. The maximum Gasteiger partial charge on any atom is 0.0554 e. The minimum absolute atomic E-state index is 0.0240. The molecule has 3 nitrogen and oxygen atoms in total. The lowest BCUT2D eigenvalue weighted by Gasteiger charge is -2.38. The number of benzene rings is 8. The molecule has 3 heteroatoms. The summed E-state index contributed by atoms with van der Waals surface area (Å²) in [6.07, 6.45) is 4.78. The molecule has 0 aliphatic heterocycles. The average molecular weight is 842 g/mol. The molecule has 2 aliphatic carbocycles. The summed E-state index contributed by atoms with van der Waals surface area (Å²) in [5, 5.41) is 6.47. The molecule has 1 heterocycles. The van der Waals surface area contributed by atoms with Crippen molar-refractivity contribution >= 4 is 50.1 Å². The van der Waals surface area contributed by atoms with E-state index < -0.39 is 0 Å². The van der Waals surface area contributed by atoms with Crippen molar-refractivity contribution < 1.29 is 0 Å². The molecule has 2 unspecified atom stereocenters. The summed E-state index contributed by atoms with van der Waals surface area (Å²) in [5.74, 6) is 0.0525. The molecular weight excluding hydrogens is 787 g/mol. The van der Waals surface area contributed by atoms with Crippen molar-refractivity contribution in [3.8, 4) is 16.8 Å². The number of aryl methyl sites for hydroxylation is 1. The Morgan fingerprint density at radius 2 is 1.25 bits per heavy atom. The fourth-order valence-electron chi connectivity index (χ4n) is 10.7. The summed E-state index contributed by atoms with van der Waals surface area (Å²) >= 11 is 0. The highest BCUT2D eigenvalue weighted by molar-refractivity contribution is 6.11. The van der Waals surface area contributed by atoms with Crippen molar-refractivity contribution in [3.63, 3.8) is 0 Å². The predicted molar refractivity (Wildman–Crippen MR) is 276 cm³/mol. The average Bonchev–Trinajstić information content (AvgIpc) is 3.78. The molecule has 0 bridgehead atoms. The minimum Gasteiger partial charge on any atom is -0.378 e. The highest BCUT2D eigenvalue weighted by atomic mass is 15.1.